The molecule has 0 aliphatic heterocycles. The van der Waals surface area contributed by atoms with Crippen LogP contribution in [0.3, 0.4) is 0 Å². The molecular formula is C9H9FN2S. The highest BCUT2D eigenvalue weighted by molar-refractivity contribution is 7.99. The van der Waals surface area contributed by atoms with Crippen LogP contribution in [0.5, 0.6) is 0 Å². The SMILES string of the molecule is Cc1cc(F)c(N)cc1SCC#N. The van der Waals surface area contributed by atoms with Gasteiger partial charge in [0.15, 0.2) is 0 Å². The summed E-state index contributed by atoms with van der Waals surface area (Å²) in [5.74, 6) is -0.0508. The summed E-state index contributed by atoms with van der Waals surface area (Å²) in [5.41, 5.74) is 6.33. The fraction of sp³-hybridized carbons (Fsp3) is 0.222. The number of benzene rings is 1. The minimum atomic E-state index is -0.404. The van der Waals surface area contributed by atoms with Gasteiger partial charge in [0.25, 0.3) is 0 Å². The van der Waals surface area contributed by atoms with Crippen molar-refractivity contribution in [3.8, 4) is 6.07 Å². The molecule has 1 aromatic rings. The van der Waals surface area contributed by atoms with Gasteiger partial charge in [-0.15, -0.1) is 11.8 Å². The zero-order valence-corrected chi connectivity index (χ0v) is 7.99. The first-order valence-corrected chi connectivity index (χ1v) is 4.69. The first-order chi connectivity index (χ1) is 6.15. The maximum Gasteiger partial charge on any atom is 0.146 e. The number of halogens is 1. The summed E-state index contributed by atoms with van der Waals surface area (Å²) in [7, 11) is 0. The molecule has 0 spiro atoms. The second kappa shape index (κ2) is 4.15. The van der Waals surface area contributed by atoms with E-state index in [1.165, 1.54) is 17.8 Å². The topological polar surface area (TPSA) is 49.8 Å². The maximum atomic E-state index is 12.9. The summed E-state index contributed by atoms with van der Waals surface area (Å²) in [5, 5.41) is 8.37. The number of nitrogens with zero attached hydrogens (tertiary/aromatic N) is 1. The van der Waals surface area contributed by atoms with E-state index in [1.54, 1.807) is 13.0 Å². The van der Waals surface area contributed by atoms with Gasteiger partial charge in [0.05, 0.1) is 17.5 Å². The molecule has 4 heteroatoms. The number of hydrogen-bond donors (Lipinski definition) is 1. The fourth-order valence-corrected chi connectivity index (χ4v) is 1.65. The average molecular weight is 196 g/mol. The molecule has 0 fully saturated rings. The standard InChI is InChI=1S/C9H9FN2S/c1-6-4-7(10)8(12)5-9(6)13-3-2-11/h4-5H,3,12H2,1H3. The molecule has 13 heavy (non-hydrogen) atoms. The van der Waals surface area contributed by atoms with E-state index in [0.29, 0.717) is 5.75 Å². The molecule has 0 bridgehead atoms. The lowest BCUT2D eigenvalue weighted by Gasteiger charge is -2.04. The Morgan fingerprint density at radius 2 is 2.31 bits per heavy atom. The smallest absolute Gasteiger partial charge is 0.146 e. The molecule has 0 aromatic heterocycles. The van der Waals surface area contributed by atoms with E-state index in [2.05, 4.69) is 0 Å². The van der Waals surface area contributed by atoms with Crippen LogP contribution in [-0.4, -0.2) is 5.75 Å². The Bertz CT molecular complexity index is 357. The Morgan fingerprint density at radius 3 is 2.92 bits per heavy atom. The van der Waals surface area contributed by atoms with Crippen LogP contribution in [0, 0.1) is 24.1 Å². The van der Waals surface area contributed by atoms with Crippen LogP contribution in [0.4, 0.5) is 10.1 Å². The number of nitrogens with two attached hydrogens (primary N) is 1. The Labute approximate surface area is 80.5 Å². The summed E-state index contributed by atoms with van der Waals surface area (Å²) < 4.78 is 12.9. The van der Waals surface area contributed by atoms with Gasteiger partial charge in [-0.25, -0.2) is 4.39 Å². The largest absolute Gasteiger partial charge is 0.396 e. The van der Waals surface area contributed by atoms with Crippen molar-refractivity contribution in [2.24, 2.45) is 0 Å². The van der Waals surface area contributed by atoms with Crippen molar-refractivity contribution in [1.82, 2.24) is 0 Å². The van der Waals surface area contributed by atoms with Gasteiger partial charge in [-0.1, -0.05) is 0 Å². The molecule has 1 rings (SSSR count). The molecule has 0 amide bonds. The third-order valence-corrected chi connectivity index (χ3v) is 2.61. The van der Waals surface area contributed by atoms with Crippen LogP contribution < -0.4 is 5.73 Å². The van der Waals surface area contributed by atoms with E-state index in [-0.39, 0.29) is 5.69 Å². The molecule has 0 heterocycles. The van der Waals surface area contributed by atoms with Crippen molar-refractivity contribution in [3.63, 3.8) is 0 Å². The van der Waals surface area contributed by atoms with Crippen molar-refractivity contribution in [3.05, 3.63) is 23.5 Å². The minimum absolute atomic E-state index is 0.131. The van der Waals surface area contributed by atoms with Gasteiger partial charge in [0.1, 0.15) is 5.82 Å². The van der Waals surface area contributed by atoms with Crippen molar-refractivity contribution in [2.45, 2.75) is 11.8 Å². The first-order valence-electron chi connectivity index (χ1n) is 3.70. The molecule has 68 valence electrons. The Morgan fingerprint density at radius 1 is 1.62 bits per heavy atom. The van der Waals surface area contributed by atoms with Gasteiger partial charge < -0.3 is 5.73 Å². The molecule has 2 N–H and O–H groups in total. The van der Waals surface area contributed by atoms with Gasteiger partial charge in [-0.05, 0) is 24.6 Å². The van der Waals surface area contributed by atoms with Crippen molar-refractivity contribution >= 4 is 17.4 Å². The molecule has 1 aromatic carbocycles. The van der Waals surface area contributed by atoms with E-state index >= 15 is 0 Å². The van der Waals surface area contributed by atoms with Crippen molar-refractivity contribution in [1.29, 1.82) is 5.26 Å². The molecule has 0 saturated carbocycles. The summed E-state index contributed by atoms with van der Waals surface area (Å²) in [4.78, 5) is 0.862. The quantitative estimate of drug-likeness (QED) is 0.583. The number of aryl methyl sites for hydroxylation is 1. The molecule has 2 nitrogen and oxygen atoms in total. The highest BCUT2D eigenvalue weighted by Gasteiger charge is 2.04. The summed E-state index contributed by atoms with van der Waals surface area (Å²) in [6.45, 7) is 1.79. The van der Waals surface area contributed by atoms with E-state index in [0.717, 1.165) is 10.5 Å². The van der Waals surface area contributed by atoms with E-state index in [1.807, 2.05) is 6.07 Å². The lowest BCUT2D eigenvalue weighted by Crippen LogP contribution is -1.93. The molecule has 0 radical (unpaired) electrons. The molecule has 0 unspecified atom stereocenters. The molecule has 0 aliphatic carbocycles. The van der Waals surface area contributed by atoms with Gasteiger partial charge in [0.2, 0.25) is 0 Å². The Balaban J connectivity index is 2.96. The van der Waals surface area contributed by atoms with E-state index in [9.17, 15) is 4.39 Å². The number of anilines is 1. The third-order valence-electron chi connectivity index (χ3n) is 1.59. The molecule has 0 aliphatic rings. The van der Waals surface area contributed by atoms with Gasteiger partial charge in [0, 0.05) is 4.90 Å². The predicted molar refractivity (Wildman–Crippen MR) is 51.9 cm³/mol. The number of nitrogen functional groups attached to an aromatic ring is 1. The molecule has 0 saturated heterocycles. The van der Waals surface area contributed by atoms with Crippen LogP contribution in [0.15, 0.2) is 17.0 Å². The predicted octanol–water partition coefficient (Wildman–Crippen LogP) is 2.33. The number of nitriles is 1. The monoisotopic (exact) mass is 196 g/mol. The Hall–Kier alpha value is -1.21. The summed E-state index contributed by atoms with van der Waals surface area (Å²) in [6.07, 6.45) is 0. The zero-order valence-electron chi connectivity index (χ0n) is 7.17. The van der Waals surface area contributed by atoms with Gasteiger partial charge in [-0.3, -0.25) is 0 Å². The zero-order chi connectivity index (χ0) is 9.84. The minimum Gasteiger partial charge on any atom is -0.396 e. The van der Waals surface area contributed by atoms with Crippen LogP contribution in [0.1, 0.15) is 5.56 Å². The number of hydrogen-bond acceptors (Lipinski definition) is 3. The van der Waals surface area contributed by atoms with Gasteiger partial charge in [-0.2, -0.15) is 5.26 Å². The lowest BCUT2D eigenvalue weighted by molar-refractivity contribution is 0.630. The van der Waals surface area contributed by atoms with Crippen LogP contribution >= 0.6 is 11.8 Å². The number of thioether (sulfide) groups is 1. The van der Waals surface area contributed by atoms with E-state index in [4.69, 9.17) is 11.0 Å². The van der Waals surface area contributed by atoms with Crippen molar-refractivity contribution in [2.75, 3.05) is 11.5 Å². The average Bonchev–Trinajstić information content (AvgIpc) is 2.09. The fourth-order valence-electron chi connectivity index (χ4n) is 0.934. The number of rotatable bonds is 2. The lowest BCUT2D eigenvalue weighted by atomic mass is 10.2. The van der Waals surface area contributed by atoms with E-state index < -0.39 is 5.82 Å². The molecular weight excluding hydrogens is 187 g/mol. The normalized spacial score (nSPS) is 9.62. The highest BCUT2D eigenvalue weighted by Crippen LogP contribution is 2.26. The van der Waals surface area contributed by atoms with Gasteiger partial charge >= 0.3 is 0 Å². The highest BCUT2D eigenvalue weighted by atomic mass is 32.2. The second-order valence-corrected chi connectivity index (χ2v) is 3.60. The maximum absolute atomic E-state index is 12.9. The third kappa shape index (κ3) is 2.36. The second-order valence-electron chi connectivity index (χ2n) is 2.59. The molecule has 0 atom stereocenters. The van der Waals surface area contributed by atoms with Crippen LogP contribution in [0.2, 0.25) is 0 Å². The first kappa shape index (κ1) is 9.87. The summed E-state index contributed by atoms with van der Waals surface area (Å²) >= 11 is 1.36. The van der Waals surface area contributed by atoms with Crippen LogP contribution in [-0.2, 0) is 0 Å². The Kier molecular flexibility index (Phi) is 3.15. The van der Waals surface area contributed by atoms with Crippen molar-refractivity contribution < 1.29 is 4.39 Å². The van der Waals surface area contributed by atoms with Crippen LogP contribution in [0.25, 0.3) is 0 Å². The summed E-state index contributed by atoms with van der Waals surface area (Å²) in [6, 6.07) is 4.95.